The van der Waals surface area contributed by atoms with Crippen LogP contribution in [0.15, 0.2) is 30.5 Å². The van der Waals surface area contributed by atoms with Crippen LogP contribution >= 0.6 is 0 Å². The van der Waals surface area contributed by atoms with E-state index in [1.54, 1.807) is 0 Å². The standard InChI is InChI=1S/C15H19N3O/c1-11-3-5-12(6-4-11)13-9-16-15(17-13)14-10-19-8-7-18(14)2/h3-6,9,14H,7-8,10H2,1-2H3,(H,16,17)/t14-/m0/s1. The third kappa shape index (κ3) is 2.55. The van der Waals surface area contributed by atoms with Crippen LogP contribution in [0.5, 0.6) is 0 Å². The van der Waals surface area contributed by atoms with Gasteiger partial charge in [-0.15, -0.1) is 0 Å². The lowest BCUT2D eigenvalue weighted by molar-refractivity contribution is 0.00215. The number of hydrogen-bond donors (Lipinski definition) is 1. The molecule has 4 heteroatoms. The number of nitrogens with one attached hydrogen (secondary N) is 1. The molecule has 1 aliphatic heterocycles. The van der Waals surface area contributed by atoms with Gasteiger partial charge in [0.25, 0.3) is 0 Å². The predicted octanol–water partition coefficient (Wildman–Crippen LogP) is 2.39. The van der Waals surface area contributed by atoms with Crippen LogP contribution in [0.1, 0.15) is 17.4 Å². The zero-order chi connectivity index (χ0) is 13.2. The van der Waals surface area contributed by atoms with Gasteiger partial charge in [0.05, 0.1) is 31.1 Å². The molecule has 0 spiro atoms. The zero-order valence-corrected chi connectivity index (χ0v) is 11.4. The summed E-state index contributed by atoms with van der Waals surface area (Å²) in [6.07, 6.45) is 1.91. The fraction of sp³-hybridized carbons (Fsp3) is 0.400. The summed E-state index contributed by atoms with van der Waals surface area (Å²) in [6.45, 7) is 4.55. The average molecular weight is 257 g/mol. The van der Waals surface area contributed by atoms with E-state index >= 15 is 0 Å². The second-order valence-electron chi connectivity index (χ2n) is 5.12. The van der Waals surface area contributed by atoms with Crippen LogP contribution in [0.2, 0.25) is 0 Å². The maximum atomic E-state index is 5.54. The quantitative estimate of drug-likeness (QED) is 0.898. The number of H-pyrrole nitrogens is 1. The molecular formula is C15H19N3O. The number of aryl methyl sites for hydroxylation is 1. The highest BCUT2D eigenvalue weighted by molar-refractivity contribution is 5.58. The number of ether oxygens (including phenoxy) is 1. The van der Waals surface area contributed by atoms with E-state index in [2.05, 4.69) is 53.1 Å². The van der Waals surface area contributed by atoms with Crippen molar-refractivity contribution in [3.8, 4) is 11.3 Å². The highest BCUT2D eigenvalue weighted by Gasteiger charge is 2.23. The molecule has 19 heavy (non-hydrogen) atoms. The summed E-state index contributed by atoms with van der Waals surface area (Å²) >= 11 is 0. The van der Waals surface area contributed by atoms with E-state index < -0.39 is 0 Å². The van der Waals surface area contributed by atoms with Crippen LogP contribution in [0, 0.1) is 6.92 Å². The van der Waals surface area contributed by atoms with E-state index in [-0.39, 0.29) is 6.04 Å². The molecule has 1 saturated heterocycles. The minimum atomic E-state index is 0.230. The summed E-state index contributed by atoms with van der Waals surface area (Å²) in [4.78, 5) is 10.2. The molecule has 4 nitrogen and oxygen atoms in total. The summed E-state index contributed by atoms with van der Waals surface area (Å²) in [7, 11) is 2.11. The maximum absolute atomic E-state index is 5.54. The van der Waals surface area contributed by atoms with Gasteiger partial charge in [-0.05, 0) is 19.5 Å². The Morgan fingerprint density at radius 3 is 2.84 bits per heavy atom. The van der Waals surface area contributed by atoms with Gasteiger partial charge in [-0.25, -0.2) is 4.98 Å². The van der Waals surface area contributed by atoms with Crippen molar-refractivity contribution in [3.63, 3.8) is 0 Å². The third-order valence-electron chi connectivity index (χ3n) is 3.67. The molecule has 1 N–H and O–H groups in total. The van der Waals surface area contributed by atoms with Crippen molar-refractivity contribution in [1.82, 2.24) is 14.9 Å². The predicted molar refractivity (Wildman–Crippen MR) is 75.0 cm³/mol. The van der Waals surface area contributed by atoms with Crippen molar-refractivity contribution in [3.05, 3.63) is 41.9 Å². The Kier molecular flexibility index (Phi) is 3.36. The summed E-state index contributed by atoms with van der Waals surface area (Å²) < 4.78 is 5.54. The SMILES string of the molecule is Cc1ccc(-c2cnc([C@@H]3COCCN3C)[nH]2)cc1. The number of likely N-dealkylation sites (N-methyl/N-ethyl adjacent to an activating group) is 1. The van der Waals surface area contributed by atoms with Crippen molar-refractivity contribution in [2.24, 2.45) is 0 Å². The van der Waals surface area contributed by atoms with E-state index in [0.717, 1.165) is 24.7 Å². The Balaban J connectivity index is 1.84. The molecular weight excluding hydrogens is 238 g/mol. The highest BCUT2D eigenvalue weighted by Crippen LogP contribution is 2.23. The third-order valence-corrected chi connectivity index (χ3v) is 3.67. The fourth-order valence-electron chi connectivity index (χ4n) is 2.36. The second-order valence-corrected chi connectivity index (χ2v) is 5.12. The van der Waals surface area contributed by atoms with Crippen molar-refractivity contribution < 1.29 is 4.74 Å². The van der Waals surface area contributed by atoms with Crippen LogP contribution in [0.4, 0.5) is 0 Å². The van der Waals surface area contributed by atoms with Crippen molar-refractivity contribution in [1.29, 1.82) is 0 Å². The molecule has 1 aromatic carbocycles. The van der Waals surface area contributed by atoms with Gasteiger partial charge >= 0.3 is 0 Å². The molecule has 0 radical (unpaired) electrons. The number of aromatic amines is 1. The first-order valence-corrected chi connectivity index (χ1v) is 6.64. The molecule has 2 heterocycles. The molecule has 0 bridgehead atoms. The molecule has 2 aromatic rings. The van der Waals surface area contributed by atoms with Crippen LogP contribution in [0.3, 0.4) is 0 Å². The molecule has 0 unspecified atom stereocenters. The molecule has 1 aliphatic rings. The second kappa shape index (κ2) is 5.15. The van der Waals surface area contributed by atoms with Crippen LogP contribution in [-0.2, 0) is 4.74 Å². The lowest BCUT2D eigenvalue weighted by Gasteiger charge is -2.30. The Morgan fingerprint density at radius 2 is 2.11 bits per heavy atom. The Morgan fingerprint density at radius 1 is 1.32 bits per heavy atom. The molecule has 0 aliphatic carbocycles. The van der Waals surface area contributed by atoms with Crippen molar-refractivity contribution in [2.45, 2.75) is 13.0 Å². The first kappa shape index (κ1) is 12.4. The highest BCUT2D eigenvalue weighted by atomic mass is 16.5. The number of rotatable bonds is 2. The monoisotopic (exact) mass is 257 g/mol. The zero-order valence-electron chi connectivity index (χ0n) is 11.4. The summed E-state index contributed by atoms with van der Waals surface area (Å²) in [5.41, 5.74) is 3.50. The van der Waals surface area contributed by atoms with Gasteiger partial charge in [0.15, 0.2) is 0 Å². The first-order chi connectivity index (χ1) is 9.24. The van der Waals surface area contributed by atoms with Gasteiger partial charge in [0, 0.05) is 6.54 Å². The average Bonchev–Trinajstić information content (AvgIpc) is 2.89. The Hall–Kier alpha value is -1.65. The van der Waals surface area contributed by atoms with Crippen LogP contribution < -0.4 is 0 Å². The van der Waals surface area contributed by atoms with Gasteiger partial charge in [-0.2, -0.15) is 0 Å². The molecule has 1 aromatic heterocycles. The van der Waals surface area contributed by atoms with E-state index in [4.69, 9.17) is 4.74 Å². The number of imidazole rings is 1. The van der Waals surface area contributed by atoms with Gasteiger partial charge in [0.1, 0.15) is 5.82 Å². The van der Waals surface area contributed by atoms with Crippen molar-refractivity contribution in [2.75, 3.05) is 26.8 Å². The molecule has 1 atom stereocenters. The summed E-state index contributed by atoms with van der Waals surface area (Å²) in [6, 6.07) is 8.70. The number of morpholine rings is 1. The number of aromatic nitrogens is 2. The van der Waals surface area contributed by atoms with Gasteiger partial charge in [-0.3, -0.25) is 4.90 Å². The minimum absolute atomic E-state index is 0.230. The molecule has 3 rings (SSSR count). The van der Waals surface area contributed by atoms with Crippen molar-refractivity contribution >= 4 is 0 Å². The molecule has 1 fully saturated rings. The topological polar surface area (TPSA) is 41.1 Å². The Labute approximate surface area is 113 Å². The molecule has 0 saturated carbocycles. The Bertz CT molecular complexity index is 547. The van der Waals surface area contributed by atoms with Crippen LogP contribution in [-0.4, -0.2) is 41.7 Å². The molecule has 0 amide bonds. The smallest absolute Gasteiger partial charge is 0.126 e. The van der Waals surface area contributed by atoms with Gasteiger partial charge < -0.3 is 9.72 Å². The van der Waals surface area contributed by atoms with E-state index in [1.807, 2.05) is 6.20 Å². The lowest BCUT2D eigenvalue weighted by Crippen LogP contribution is -2.37. The van der Waals surface area contributed by atoms with E-state index in [1.165, 1.54) is 11.1 Å². The van der Waals surface area contributed by atoms with Gasteiger partial charge in [0.2, 0.25) is 0 Å². The number of nitrogens with zero attached hydrogens (tertiary/aromatic N) is 2. The number of benzene rings is 1. The van der Waals surface area contributed by atoms with E-state index in [0.29, 0.717) is 6.61 Å². The van der Waals surface area contributed by atoms with E-state index in [9.17, 15) is 0 Å². The summed E-state index contributed by atoms with van der Waals surface area (Å²) in [5.74, 6) is 0.984. The first-order valence-electron chi connectivity index (χ1n) is 6.64. The van der Waals surface area contributed by atoms with Gasteiger partial charge in [-0.1, -0.05) is 29.8 Å². The summed E-state index contributed by atoms with van der Waals surface area (Å²) in [5, 5.41) is 0. The largest absolute Gasteiger partial charge is 0.378 e. The van der Waals surface area contributed by atoms with Crippen LogP contribution in [0.25, 0.3) is 11.3 Å². The maximum Gasteiger partial charge on any atom is 0.126 e. The normalized spacial score (nSPS) is 20.6. The fourth-order valence-corrected chi connectivity index (χ4v) is 2.36. The minimum Gasteiger partial charge on any atom is -0.378 e. The number of hydrogen-bond acceptors (Lipinski definition) is 3. The molecule has 100 valence electrons. The lowest BCUT2D eigenvalue weighted by atomic mass is 10.1.